The summed E-state index contributed by atoms with van der Waals surface area (Å²) in [6.07, 6.45) is 49.1. The Labute approximate surface area is 530 Å². The Hall–Kier alpha value is -3.92. The fraction of sp³-hybridized carbons (Fsp3) is 0.688. The van der Waals surface area contributed by atoms with Crippen molar-refractivity contribution in [3.05, 3.63) is 105 Å². The molecule has 476 valence electrons. The topological polar surface area (TPSA) is 73.8 Å². The number of rotatable bonds is 41. The molecule has 0 saturated carbocycles. The van der Waals surface area contributed by atoms with Crippen LogP contribution in [0.1, 0.15) is 346 Å². The molecule has 4 unspecified atom stereocenters. The number of unbranched alkanes of at least 4 members (excludes halogenated alkanes) is 32. The van der Waals surface area contributed by atoms with Crippen molar-refractivity contribution >= 4 is 15.9 Å². The van der Waals surface area contributed by atoms with Gasteiger partial charge in [0.15, 0.2) is 13.6 Å². The minimum Gasteiger partial charge on any atom is -0.467 e. The Morgan fingerprint density at radius 1 is 0.337 bits per heavy atom. The third kappa shape index (κ3) is 17.1. The highest BCUT2D eigenvalue weighted by atomic mass is 79.9. The molecule has 4 aromatic rings. The fourth-order valence-electron chi connectivity index (χ4n) is 15.2. The lowest BCUT2D eigenvalue weighted by Gasteiger charge is -2.44. The van der Waals surface area contributed by atoms with E-state index in [1.54, 1.807) is 0 Å². The molecule has 0 saturated heterocycles. The van der Waals surface area contributed by atoms with E-state index < -0.39 is 11.2 Å². The standard InChI is InChI=1S/C77H113BrO8/c1-5-9-13-17-21-25-29-33-37-41-62-64-50-65-63(42-38-34-30-26-22-18-14-10-6-2)67-48-61-47-59(54-78)75(67)84-56-81-72(65)52-71(64)79-55-80-73-53-74-69(51-66(62)73)76(85-58-83-74,45-39-35-31-27-23-19-15-11-7-3)60-43-44-70-68(49-60)77(61,86-57-82-70)46-40-36-32-28-24-20-16-12-8-4/h43-44,47-53,62-63H,5-42,45-46,54-58H2,1-4H3. The molecule has 9 rings (SSSR count). The van der Waals surface area contributed by atoms with Crippen LogP contribution >= 0.6 is 15.9 Å². The highest BCUT2D eigenvalue weighted by molar-refractivity contribution is 9.08. The molecule has 0 N–H and O–H groups in total. The van der Waals surface area contributed by atoms with Gasteiger partial charge in [-0.3, -0.25) is 0 Å². The average Bonchev–Trinajstić information content (AvgIpc) is 0.927. The molecule has 5 aliphatic rings. The summed E-state index contributed by atoms with van der Waals surface area (Å²) in [5, 5.41) is 0.632. The third-order valence-electron chi connectivity index (χ3n) is 20.2. The van der Waals surface area contributed by atoms with Crippen LogP contribution in [0, 0.1) is 0 Å². The molecule has 9 heteroatoms. The molecular formula is C77H113BrO8. The summed E-state index contributed by atoms with van der Waals surface area (Å²) in [7, 11) is 0. The van der Waals surface area contributed by atoms with E-state index in [0.717, 1.165) is 121 Å². The number of alkyl halides is 1. The lowest BCUT2D eigenvalue weighted by molar-refractivity contribution is -0.119. The van der Waals surface area contributed by atoms with Crippen LogP contribution in [0.2, 0.25) is 0 Å². The van der Waals surface area contributed by atoms with Gasteiger partial charge in [0.05, 0.1) is 0 Å². The number of hydrogen-bond donors (Lipinski definition) is 0. The highest BCUT2D eigenvalue weighted by Gasteiger charge is 2.47. The summed E-state index contributed by atoms with van der Waals surface area (Å²) in [6, 6.07) is 21.3. The lowest BCUT2D eigenvalue weighted by Crippen LogP contribution is -2.40. The maximum Gasteiger partial charge on any atom is 0.230 e. The summed E-state index contributed by atoms with van der Waals surface area (Å²) in [5.41, 5.74) is 8.82. The monoisotopic (exact) mass is 1240 g/mol. The second-order valence-electron chi connectivity index (χ2n) is 26.5. The predicted molar refractivity (Wildman–Crippen MR) is 356 cm³/mol. The van der Waals surface area contributed by atoms with Crippen molar-refractivity contribution in [2.24, 2.45) is 0 Å². The average molecular weight is 1250 g/mol. The molecule has 4 heterocycles. The van der Waals surface area contributed by atoms with Crippen molar-refractivity contribution in [3.63, 3.8) is 0 Å². The van der Waals surface area contributed by atoms with Crippen LogP contribution in [-0.4, -0.2) is 27.2 Å². The molecule has 0 amide bonds. The second-order valence-corrected chi connectivity index (χ2v) is 27.0. The van der Waals surface area contributed by atoms with Gasteiger partial charge < -0.3 is 37.9 Å². The Kier molecular flexibility index (Phi) is 27.4. The first-order valence-corrected chi connectivity index (χ1v) is 36.9. The first kappa shape index (κ1) is 66.5. The molecule has 8 nitrogen and oxygen atoms in total. The minimum absolute atomic E-state index is 0.0138. The molecule has 86 heavy (non-hydrogen) atoms. The van der Waals surface area contributed by atoms with Gasteiger partial charge in [-0.25, -0.2) is 0 Å². The van der Waals surface area contributed by atoms with Gasteiger partial charge in [0.25, 0.3) is 0 Å². The zero-order valence-corrected chi connectivity index (χ0v) is 55.9. The molecular weight excluding hydrogens is 1130 g/mol. The van der Waals surface area contributed by atoms with Crippen molar-refractivity contribution in [3.8, 4) is 34.5 Å². The van der Waals surface area contributed by atoms with Gasteiger partial charge in [-0.2, -0.15) is 0 Å². The first-order chi connectivity index (χ1) is 42.5. The van der Waals surface area contributed by atoms with E-state index in [4.69, 9.17) is 37.9 Å². The Balaban J connectivity index is 1.20. The molecule has 0 spiro atoms. The first-order valence-electron chi connectivity index (χ1n) is 35.8. The van der Waals surface area contributed by atoms with Gasteiger partial charge in [0, 0.05) is 68.2 Å². The van der Waals surface area contributed by atoms with Gasteiger partial charge >= 0.3 is 0 Å². The summed E-state index contributed by atoms with van der Waals surface area (Å²) in [5.74, 6) is 5.11. The second kappa shape index (κ2) is 35.5. The van der Waals surface area contributed by atoms with Gasteiger partial charge in [-0.1, -0.05) is 268 Å². The van der Waals surface area contributed by atoms with Crippen LogP contribution in [0.4, 0.5) is 0 Å². The number of fused-ring (bicyclic) bond motifs is 4. The van der Waals surface area contributed by atoms with Crippen LogP contribution in [0.15, 0.2) is 54.6 Å². The van der Waals surface area contributed by atoms with Crippen LogP contribution in [0.3, 0.4) is 0 Å². The number of ether oxygens (including phenoxy) is 8. The van der Waals surface area contributed by atoms with Crippen LogP contribution in [-0.2, 0) is 26.0 Å². The van der Waals surface area contributed by atoms with E-state index in [9.17, 15) is 0 Å². The maximum absolute atomic E-state index is 7.45. The molecule has 0 aromatic heterocycles. The predicted octanol–water partition coefficient (Wildman–Crippen LogP) is 23.5. The Morgan fingerprint density at radius 2 is 0.721 bits per heavy atom. The van der Waals surface area contributed by atoms with E-state index in [1.807, 2.05) is 0 Å². The van der Waals surface area contributed by atoms with Gasteiger partial charge in [0.1, 0.15) is 45.7 Å². The normalized spacial score (nSPS) is 19.6. The molecule has 4 aliphatic heterocycles. The van der Waals surface area contributed by atoms with E-state index in [1.165, 1.54) is 220 Å². The highest BCUT2D eigenvalue weighted by Crippen LogP contribution is 2.57. The van der Waals surface area contributed by atoms with Crippen molar-refractivity contribution in [2.45, 2.75) is 313 Å². The van der Waals surface area contributed by atoms with Crippen LogP contribution in [0.5, 0.6) is 34.5 Å². The quantitative estimate of drug-likeness (QED) is 0.0321. The Bertz CT molecular complexity index is 2650. The summed E-state index contributed by atoms with van der Waals surface area (Å²) in [6.45, 7) is 9.72. The molecule has 8 bridgehead atoms. The fourth-order valence-corrected chi connectivity index (χ4v) is 15.6. The summed E-state index contributed by atoms with van der Waals surface area (Å²) < 4.78 is 55.7. The van der Waals surface area contributed by atoms with E-state index >= 15 is 0 Å². The summed E-state index contributed by atoms with van der Waals surface area (Å²) >= 11 is 4.06. The van der Waals surface area contributed by atoms with Gasteiger partial charge in [0.2, 0.25) is 13.6 Å². The zero-order valence-electron chi connectivity index (χ0n) is 54.3. The van der Waals surface area contributed by atoms with E-state index in [2.05, 4.69) is 98.2 Å². The van der Waals surface area contributed by atoms with Gasteiger partial charge in [-0.15, -0.1) is 0 Å². The van der Waals surface area contributed by atoms with Gasteiger partial charge in [-0.05, 0) is 86.1 Å². The van der Waals surface area contributed by atoms with E-state index in [0.29, 0.717) is 5.33 Å². The lowest BCUT2D eigenvalue weighted by atomic mass is 9.73. The molecule has 1 aliphatic carbocycles. The van der Waals surface area contributed by atoms with Crippen molar-refractivity contribution in [1.29, 1.82) is 0 Å². The minimum atomic E-state index is -0.811. The zero-order chi connectivity index (χ0) is 59.7. The SMILES string of the molecule is CCCCCCCCCCCC1c2cc3c4cc2OCOc2cc5c(cc21)C(CCCCCCCCCCC)(OCO5)c1ccc2c(c1)C(CCCCCCCCCCC)(OCO2)c1cc(CBr)c(c(c1)C3CCCCCCCCCCC)OCO4. The number of hydrogen-bond acceptors (Lipinski definition) is 8. The number of halogens is 1. The largest absolute Gasteiger partial charge is 0.467 e. The van der Waals surface area contributed by atoms with Crippen molar-refractivity contribution < 1.29 is 37.9 Å². The van der Waals surface area contributed by atoms with Crippen molar-refractivity contribution in [1.82, 2.24) is 0 Å². The molecule has 4 atom stereocenters. The smallest absolute Gasteiger partial charge is 0.230 e. The molecule has 0 radical (unpaired) electrons. The third-order valence-corrected chi connectivity index (χ3v) is 20.8. The van der Waals surface area contributed by atoms with Crippen molar-refractivity contribution in [2.75, 3.05) is 27.2 Å². The molecule has 0 fully saturated rings. The maximum atomic E-state index is 7.45. The van der Waals surface area contributed by atoms with Crippen LogP contribution in [0.25, 0.3) is 0 Å². The molecule has 4 aromatic carbocycles. The van der Waals surface area contributed by atoms with Crippen LogP contribution < -0.4 is 28.4 Å². The summed E-state index contributed by atoms with van der Waals surface area (Å²) in [4.78, 5) is 0. The van der Waals surface area contributed by atoms with E-state index in [-0.39, 0.29) is 39.0 Å². The Morgan fingerprint density at radius 3 is 1.21 bits per heavy atom. The number of benzene rings is 4.